The third-order valence-corrected chi connectivity index (χ3v) is 3.11. The Kier molecular flexibility index (Phi) is 5.78. The third-order valence-electron chi connectivity index (χ3n) is 3.11. The van der Waals surface area contributed by atoms with Gasteiger partial charge in [-0.1, -0.05) is 11.6 Å². The number of carboxylic acids is 1. The van der Waals surface area contributed by atoms with E-state index in [1.54, 1.807) is 12.1 Å². The van der Waals surface area contributed by atoms with Crippen molar-refractivity contribution in [3.63, 3.8) is 0 Å². The lowest BCUT2D eigenvalue weighted by molar-refractivity contribution is -0.136. The first-order valence-electron chi connectivity index (χ1n) is 6.42. The topological polar surface area (TPSA) is 110 Å². The van der Waals surface area contributed by atoms with Gasteiger partial charge in [0, 0.05) is 12.0 Å². The highest BCUT2D eigenvalue weighted by atomic mass is 16.5. The lowest BCUT2D eigenvalue weighted by Crippen LogP contribution is -2.12. The molecule has 0 aliphatic rings. The molecule has 0 aliphatic heterocycles. The predicted octanol–water partition coefficient (Wildman–Crippen LogP) is 1.85. The van der Waals surface area contributed by atoms with E-state index in [1.165, 1.54) is 13.2 Å². The van der Waals surface area contributed by atoms with Gasteiger partial charge >= 0.3 is 5.97 Å². The van der Waals surface area contributed by atoms with Gasteiger partial charge in [-0.15, -0.1) is 0 Å². The first-order chi connectivity index (χ1) is 9.86. The Balaban J connectivity index is 3.00. The Hall–Kier alpha value is -2.50. The van der Waals surface area contributed by atoms with E-state index in [9.17, 15) is 14.7 Å². The molecular formula is C15H19NO5. The quantitative estimate of drug-likeness (QED) is 0.665. The van der Waals surface area contributed by atoms with E-state index in [2.05, 4.69) is 0 Å². The Morgan fingerprint density at radius 2 is 2.00 bits per heavy atom. The molecule has 0 saturated carbocycles. The number of carbonyl (C=O) groups is 2. The summed E-state index contributed by atoms with van der Waals surface area (Å²) in [5.74, 6) is -1.34. The van der Waals surface area contributed by atoms with Crippen molar-refractivity contribution in [1.82, 2.24) is 0 Å². The lowest BCUT2D eigenvalue weighted by atomic mass is 10.0. The van der Waals surface area contributed by atoms with Gasteiger partial charge in [-0.25, -0.2) is 0 Å². The Bertz CT molecular complexity index is 578. The van der Waals surface area contributed by atoms with Gasteiger partial charge in [0.05, 0.1) is 12.7 Å². The van der Waals surface area contributed by atoms with E-state index in [4.69, 9.17) is 15.6 Å². The molecule has 0 heterocycles. The van der Waals surface area contributed by atoms with E-state index in [0.29, 0.717) is 24.2 Å². The molecule has 0 aromatic heterocycles. The number of hydrogen-bond acceptors (Lipinski definition) is 4. The SMILES string of the molecule is COc1ccc(C(N)=O)c(O)c1C/C=C(\C)CCC(=O)O. The molecule has 1 aromatic carbocycles. The molecule has 0 atom stereocenters. The fourth-order valence-electron chi connectivity index (χ4n) is 1.89. The van der Waals surface area contributed by atoms with E-state index in [0.717, 1.165) is 5.57 Å². The van der Waals surface area contributed by atoms with Gasteiger partial charge in [0.2, 0.25) is 0 Å². The maximum absolute atomic E-state index is 11.2. The second kappa shape index (κ2) is 7.33. The average molecular weight is 293 g/mol. The summed E-state index contributed by atoms with van der Waals surface area (Å²) < 4.78 is 5.16. The van der Waals surface area contributed by atoms with Crippen molar-refractivity contribution in [2.45, 2.75) is 26.2 Å². The third kappa shape index (κ3) is 4.52. The summed E-state index contributed by atoms with van der Waals surface area (Å²) >= 11 is 0. The van der Waals surface area contributed by atoms with Crippen molar-refractivity contribution in [2.75, 3.05) is 7.11 Å². The highest BCUT2D eigenvalue weighted by molar-refractivity contribution is 5.96. The molecule has 0 spiro atoms. The summed E-state index contributed by atoms with van der Waals surface area (Å²) in [5.41, 5.74) is 6.55. The number of ether oxygens (including phenoxy) is 1. The Labute approximate surface area is 122 Å². The standard InChI is InChI=1S/C15H19NO5/c1-9(4-8-13(17)18)3-5-10-12(21-2)7-6-11(14(10)19)15(16)20/h3,6-7,19H,4-5,8H2,1-2H3,(H2,16,20)(H,17,18)/b9-3+. The highest BCUT2D eigenvalue weighted by Gasteiger charge is 2.15. The second-order valence-electron chi connectivity index (χ2n) is 4.66. The molecular weight excluding hydrogens is 274 g/mol. The largest absolute Gasteiger partial charge is 0.507 e. The van der Waals surface area contributed by atoms with Crippen LogP contribution in [0.25, 0.3) is 0 Å². The summed E-state index contributed by atoms with van der Waals surface area (Å²) in [6.07, 6.45) is 2.59. The zero-order valence-electron chi connectivity index (χ0n) is 12.0. The monoisotopic (exact) mass is 293 g/mol. The Morgan fingerprint density at radius 3 is 2.52 bits per heavy atom. The predicted molar refractivity (Wildman–Crippen MR) is 77.5 cm³/mol. The minimum atomic E-state index is -0.862. The molecule has 21 heavy (non-hydrogen) atoms. The van der Waals surface area contributed by atoms with E-state index >= 15 is 0 Å². The number of rotatable bonds is 7. The molecule has 1 aromatic rings. The van der Waals surface area contributed by atoms with E-state index in [1.807, 2.05) is 6.92 Å². The van der Waals surface area contributed by atoms with Crippen LogP contribution in [0, 0.1) is 0 Å². The van der Waals surface area contributed by atoms with Crippen LogP contribution in [-0.2, 0) is 11.2 Å². The first kappa shape index (κ1) is 16.6. The summed E-state index contributed by atoms with van der Waals surface area (Å²) in [6, 6.07) is 2.97. The number of carbonyl (C=O) groups excluding carboxylic acids is 1. The molecule has 0 bridgehead atoms. The van der Waals surface area contributed by atoms with E-state index < -0.39 is 11.9 Å². The number of primary amides is 1. The summed E-state index contributed by atoms with van der Waals surface area (Å²) in [6.45, 7) is 1.81. The molecule has 0 saturated heterocycles. The van der Waals surface area contributed by atoms with Crippen molar-refractivity contribution < 1.29 is 24.5 Å². The van der Waals surface area contributed by atoms with Crippen molar-refractivity contribution in [1.29, 1.82) is 0 Å². The summed E-state index contributed by atoms with van der Waals surface area (Å²) in [7, 11) is 1.46. The number of hydrogen-bond donors (Lipinski definition) is 3. The fourth-order valence-corrected chi connectivity index (χ4v) is 1.89. The minimum absolute atomic E-state index is 0.0300. The van der Waals surface area contributed by atoms with Crippen molar-refractivity contribution >= 4 is 11.9 Å². The minimum Gasteiger partial charge on any atom is -0.507 e. The molecule has 0 unspecified atom stereocenters. The van der Waals surface area contributed by atoms with Crippen LogP contribution in [0.3, 0.4) is 0 Å². The van der Waals surface area contributed by atoms with Crippen molar-refractivity contribution in [3.8, 4) is 11.5 Å². The molecule has 6 nitrogen and oxygen atoms in total. The number of aliphatic carboxylic acids is 1. The number of phenols is 1. The summed E-state index contributed by atoms with van der Waals surface area (Å²) in [5, 5.41) is 18.7. The molecule has 0 aliphatic carbocycles. The zero-order valence-corrected chi connectivity index (χ0v) is 12.0. The molecule has 4 N–H and O–H groups in total. The fraction of sp³-hybridized carbons (Fsp3) is 0.333. The van der Waals surface area contributed by atoms with Gasteiger partial charge in [0.1, 0.15) is 11.5 Å². The van der Waals surface area contributed by atoms with Gasteiger partial charge in [0.15, 0.2) is 0 Å². The van der Waals surface area contributed by atoms with Crippen LogP contribution in [0.2, 0.25) is 0 Å². The van der Waals surface area contributed by atoms with Crippen LogP contribution in [0.5, 0.6) is 11.5 Å². The first-order valence-corrected chi connectivity index (χ1v) is 6.42. The molecule has 0 radical (unpaired) electrons. The number of amides is 1. The van der Waals surface area contributed by atoms with Gasteiger partial charge in [0.25, 0.3) is 5.91 Å². The molecule has 1 rings (SSSR count). The van der Waals surface area contributed by atoms with Crippen LogP contribution in [-0.4, -0.2) is 29.2 Å². The van der Waals surface area contributed by atoms with Crippen molar-refractivity contribution in [3.05, 3.63) is 34.9 Å². The molecule has 114 valence electrons. The van der Waals surface area contributed by atoms with Gasteiger partial charge in [-0.2, -0.15) is 0 Å². The van der Waals surface area contributed by atoms with Gasteiger partial charge < -0.3 is 20.7 Å². The molecule has 1 amide bonds. The van der Waals surface area contributed by atoms with Crippen molar-refractivity contribution in [2.24, 2.45) is 5.73 Å². The summed E-state index contributed by atoms with van der Waals surface area (Å²) in [4.78, 5) is 21.7. The highest BCUT2D eigenvalue weighted by Crippen LogP contribution is 2.32. The van der Waals surface area contributed by atoms with Crippen LogP contribution in [0.1, 0.15) is 35.7 Å². The van der Waals surface area contributed by atoms with Crippen LogP contribution < -0.4 is 10.5 Å². The van der Waals surface area contributed by atoms with Crippen LogP contribution in [0.15, 0.2) is 23.8 Å². The number of benzene rings is 1. The lowest BCUT2D eigenvalue weighted by Gasteiger charge is -2.11. The average Bonchev–Trinajstić information content (AvgIpc) is 2.42. The number of carboxylic acid groups (broad SMARTS) is 1. The number of nitrogens with two attached hydrogens (primary N) is 1. The maximum atomic E-state index is 11.2. The maximum Gasteiger partial charge on any atom is 0.303 e. The van der Waals surface area contributed by atoms with Gasteiger partial charge in [-0.3, -0.25) is 9.59 Å². The van der Waals surface area contributed by atoms with Crippen LogP contribution in [0.4, 0.5) is 0 Å². The number of methoxy groups -OCH3 is 1. The zero-order chi connectivity index (χ0) is 16.0. The smallest absolute Gasteiger partial charge is 0.303 e. The van der Waals surface area contributed by atoms with E-state index in [-0.39, 0.29) is 17.7 Å². The van der Waals surface area contributed by atoms with Gasteiger partial charge in [-0.05, 0) is 31.9 Å². The second-order valence-corrected chi connectivity index (χ2v) is 4.66. The number of allylic oxidation sites excluding steroid dienone is 2. The Morgan fingerprint density at radius 1 is 1.33 bits per heavy atom. The molecule has 0 fully saturated rings. The normalized spacial score (nSPS) is 11.2. The van der Waals surface area contributed by atoms with Crippen LogP contribution >= 0.6 is 0 Å². The molecule has 6 heteroatoms. The number of aromatic hydroxyl groups is 1.